The Balaban J connectivity index is 1.57. The second-order valence-corrected chi connectivity index (χ2v) is 6.37. The predicted molar refractivity (Wildman–Crippen MR) is 101 cm³/mol. The monoisotopic (exact) mass is 366 g/mol. The molecule has 0 saturated heterocycles. The molecule has 2 amide bonds. The van der Waals surface area contributed by atoms with Crippen LogP contribution in [0.25, 0.3) is 10.9 Å². The van der Waals surface area contributed by atoms with E-state index >= 15 is 0 Å². The quantitative estimate of drug-likeness (QED) is 0.545. The number of carbonyl (C=O) groups is 1. The number of aromatic amines is 1. The van der Waals surface area contributed by atoms with Crippen molar-refractivity contribution in [2.45, 2.75) is 13.0 Å². The van der Waals surface area contributed by atoms with Crippen molar-refractivity contribution >= 4 is 28.3 Å². The molecular formula is C19H18N4O4. The van der Waals surface area contributed by atoms with Crippen LogP contribution in [-0.2, 0) is 13.0 Å². The van der Waals surface area contributed by atoms with Gasteiger partial charge in [0.15, 0.2) is 0 Å². The van der Waals surface area contributed by atoms with Crippen LogP contribution in [0.2, 0.25) is 0 Å². The minimum absolute atomic E-state index is 0.149. The lowest BCUT2D eigenvalue weighted by atomic mass is 10.0. The molecule has 2 N–H and O–H groups in total. The Labute approximate surface area is 154 Å². The first-order chi connectivity index (χ1) is 13.1. The highest BCUT2D eigenvalue weighted by atomic mass is 16.6. The lowest BCUT2D eigenvalue weighted by molar-refractivity contribution is -0.384. The first kappa shape index (κ1) is 16.9. The van der Waals surface area contributed by atoms with Gasteiger partial charge in [-0.1, -0.05) is 18.2 Å². The number of H-pyrrole nitrogens is 1. The Kier molecular flexibility index (Phi) is 4.15. The summed E-state index contributed by atoms with van der Waals surface area (Å²) >= 11 is 0. The summed E-state index contributed by atoms with van der Waals surface area (Å²) in [4.78, 5) is 28.5. The molecule has 1 aliphatic rings. The average molecular weight is 366 g/mol. The smallest absolute Gasteiger partial charge is 0.322 e. The van der Waals surface area contributed by atoms with Crippen LogP contribution in [0.4, 0.5) is 16.2 Å². The first-order valence-corrected chi connectivity index (χ1v) is 8.53. The van der Waals surface area contributed by atoms with Gasteiger partial charge in [-0.2, -0.15) is 0 Å². The number of ether oxygens (including phenoxy) is 1. The molecule has 138 valence electrons. The molecule has 0 spiro atoms. The lowest BCUT2D eigenvalue weighted by Crippen LogP contribution is -2.38. The number of carbonyl (C=O) groups excluding carboxylic acids is 1. The zero-order valence-corrected chi connectivity index (χ0v) is 14.7. The Bertz CT molecular complexity index is 1040. The first-order valence-electron chi connectivity index (χ1n) is 8.53. The van der Waals surface area contributed by atoms with E-state index < -0.39 is 4.92 Å². The summed E-state index contributed by atoms with van der Waals surface area (Å²) in [5, 5.41) is 15.1. The van der Waals surface area contributed by atoms with E-state index in [-0.39, 0.29) is 17.4 Å². The van der Waals surface area contributed by atoms with Gasteiger partial charge in [0.25, 0.3) is 5.69 Å². The van der Waals surface area contributed by atoms with Crippen molar-refractivity contribution in [2.24, 2.45) is 0 Å². The van der Waals surface area contributed by atoms with E-state index in [0.717, 1.165) is 22.2 Å². The highest BCUT2D eigenvalue weighted by Crippen LogP contribution is 2.31. The number of urea groups is 1. The van der Waals surface area contributed by atoms with Crippen LogP contribution in [0.3, 0.4) is 0 Å². The van der Waals surface area contributed by atoms with Crippen LogP contribution >= 0.6 is 0 Å². The number of fused-ring (bicyclic) bond motifs is 3. The summed E-state index contributed by atoms with van der Waals surface area (Å²) in [5.74, 6) is 0.362. The van der Waals surface area contributed by atoms with Gasteiger partial charge < -0.3 is 19.9 Å². The number of para-hydroxylation sites is 1. The molecule has 2 aromatic carbocycles. The molecule has 0 unspecified atom stereocenters. The largest absolute Gasteiger partial charge is 0.496 e. The molecule has 1 aromatic heterocycles. The fourth-order valence-corrected chi connectivity index (χ4v) is 3.43. The standard InChI is InChI=1S/C19H18N4O4/c1-27-12-6-7-17(18(10-12)23(25)26)21-19(24)22-9-8-16-14(11-22)13-4-2-3-5-15(13)20-16/h2-7,10,20H,8-9,11H2,1H3,(H,21,24). The number of hydrogen-bond donors (Lipinski definition) is 2. The van der Waals surface area contributed by atoms with Crippen molar-refractivity contribution in [2.75, 3.05) is 19.0 Å². The highest BCUT2D eigenvalue weighted by molar-refractivity contribution is 5.93. The van der Waals surface area contributed by atoms with Gasteiger partial charge >= 0.3 is 6.03 Å². The van der Waals surface area contributed by atoms with Crippen molar-refractivity contribution in [3.63, 3.8) is 0 Å². The minimum atomic E-state index is -0.536. The van der Waals surface area contributed by atoms with Gasteiger partial charge in [-0.25, -0.2) is 4.79 Å². The van der Waals surface area contributed by atoms with Crippen LogP contribution in [0, 0.1) is 10.1 Å². The summed E-state index contributed by atoms with van der Waals surface area (Å²) in [7, 11) is 1.43. The molecule has 8 heteroatoms. The van der Waals surface area contributed by atoms with E-state index in [1.54, 1.807) is 11.0 Å². The van der Waals surface area contributed by atoms with Gasteiger partial charge in [-0.15, -0.1) is 0 Å². The molecular weight excluding hydrogens is 348 g/mol. The number of nitrogens with zero attached hydrogens (tertiary/aromatic N) is 2. The van der Waals surface area contributed by atoms with Gasteiger partial charge in [0.1, 0.15) is 11.4 Å². The maximum Gasteiger partial charge on any atom is 0.322 e. The van der Waals surface area contributed by atoms with E-state index in [4.69, 9.17) is 4.74 Å². The molecule has 2 heterocycles. The molecule has 8 nitrogen and oxygen atoms in total. The van der Waals surface area contributed by atoms with Crippen LogP contribution in [0.5, 0.6) is 5.75 Å². The predicted octanol–water partition coefficient (Wildman–Crippen LogP) is 3.67. The molecule has 0 atom stereocenters. The van der Waals surface area contributed by atoms with Crippen molar-refractivity contribution in [1.29, 1.82) is 0 Å². The third-order valence-corrected chi connectivity index (χ3v) is 4.81. The van der Waals surface area contributed by atoms with E-state index in [2.05, 4.69) is 10.3 Å². The van der Waals surface area contributed by atoms with Crippen molar-refractivity contribution in [1.82, 2.24) is 9.88 Å². The SMILES string of the molecule is COc1ccc(NC(=O)N2CCc3[nH]c4ccccc4c3C2)c([N+](=O)[O-])c1. The normalized spacial score (nSPS) is 13.3. The number of anilines is 1. The van der Waals surface area contributed by atoms with Gasteiger partial charge in [-0.3, -0.25) is 10.1 Å². The average Bonchev–Trinajstić information content (AvgIpc) is 3.06. The number of nitro benzene ring substituents is 1. The zero-order chi connectivity index (χ0) is 19.0. The number of benzene rings is 2. The van der Waals surface area contributed by atoms with Crippen LogP contribution < -0.4 is 10.1 Å². The second kappa shape index (κ2) is 6.64. The lowest BCUT2D eigenvalue weighted by Gasteiger charge is -2.27. The molecule has 0 bridgehead atoms. The van der Waals surface area contributed by atoms with Crippen molar-refractivity contribution < 1.29 is 14.5 Å². The van der Waals surface area contributed by atoms with Gasteiger partial charge in [-0.05, 0) is 18.2 Å². The summed E-state index contributed by atoms with van der Waals surface area (Å²) in [6.45, 7) is 0.991. The Morgan fingerprint density at radius 2 is 2.11 bits per heavy atom. The molecule has 0 radical (unpaired) electrons. The Morgan fingerprint density at radius 1 is 1.30 bits per heavy atom. The molecule has 1 aliphatic heterocycles. The third-order valence-electron chi connectivity index (χ3n) is 4.81. The van der Waals surface area contributed by atoms with Gasteiger partial charge in [0, 0.05) is 41.7 Å². The number of methoxy groups -OCH3 is 1. The van der Waals surface area contributed by atoms with E-state index in [9.17, 15) is 14.9 Å². The van der Waals surface area contributed by atoms with Crippen molar-refractivity contribution in [3.05, 3.63) is 63.8 Å². The summed E-state index contributed by atoms with van der Waals surface area (Å²) in [5.41, 5.74) is 3.23. The molecule has 0 aliphatic carbocycles. The maximum atomic E-state index is 12.7. The number of nitrogens with one attached hydrogen (secondary N) is 2. The summed E-state index contributed by atoms with van der Waals surface area (Å²) < 4.78 is 5.02. The Morgan fingerprint density at radius 3 is 2.89 bits per heavy atom. The number of rotatable bonds is 3. The number of amides is 2. The van der Waals surface area contributed by atoms with E-state index in [1.165, 1.54) is 19.2 Å². The van der Waals surface area contributed by atoms with Gasteiger partial charge in [0.2, 0.25) is 0 Å². The third kappa shape index (κ3) is 3.05. The Hall–Kier alpha value is -3.55. The van der Waals surface area contributed by atoms with Crippen LogP contribution in [0.1, 0.15) is 11.3 Å². The van der Waals surface area contributed by atoms with E-state index in [0.29, 0.717) is 25.3 Å². The zero-order valence-electron chi connectivity index (χ0n) is 14.7. The fourth-order valence-electron chi connectivity index (χ4n) is 3.43. The topological polar surface area (TPSA) is 100 Å². The maximum absolute atomic E-state index is 12.7. The van der Waals surface area contributed by atoms with Gasteiger partial charge in [0.05, 0.1) is 18.1 Å². The minimum Gasteiger partial charge on any atom is -0.496 e. The molecule has 4 rings (SSSR count). The number of aromatic nitrogens is 1. The van der Waals surface area contributed by atoms with Crippen LogP contribution in [-0.4, -0.2) is 34.5 Å². The number of hydrogen-bond acceptors (Lipinski definition) is 4. The highest BCUT2D eigenvalue weighted by Gasteiger charge is 2.25. The van der Waals surface area contributed by atoms with Crippen LogP contribution in [0.15, 0.2) is 42.5 Å². The molecule has 3 aromatic rings. The fraction of sp³-hybridized carbons (Fsp3) is 0.211. The molecule has 27 heavy (non-hydrogen) atoms. The molecule has 0 fully saturated rings. The summed E-state index contributed by atoms with van der Waals surface area (Å²) in [6.07, 6.45) is 0.710. The second-order valence-electron chi connectivity index (χ2n) is 6.37. The molecule has 0 saturated carbocycles. The van der Waals surface area contributed by atoms with E-state index in [1.807, 2.05) is 24.3 Å². The van der Waals surface area contributed by atoms with Crippen molar-refractivity contribution in [3.8, 4) is 5.75 Å². The summed E-state index contributed by atoms with van der Waals surface area (Å²) in [6, 6.07) is 12.0. The number of nitro groups is 1.